The van der Waals surface area contributed by atoms with Crippen LogP contribution in [0, 0.1) is 12.8 Å². The zero-order valence-electron chi connectivity index (χ0n) is 16.2. The van der Waals surface area contributed by atoms with Crippen molar-refractivity contribution in [1.29, 1.82) is 0 Å². The van der Waals surface area contributed by atoms with E-state index in [2.05, 4.69) is 20.7 Å². The first-order chi connectivity index (χ1) is 13.4. The molecule has 1 aliphatic carbocycles. The fourth-order valence-electron chi connectivity index (χ4n) is 3.14. The van der Waals surface area contributed by atoms with Gasteiger partial charge in [-0.3, -0.25) is 9.59 Å². The average Bonchev–Trinajstić information content (AvgIpc) is 3.41. The van der Waals surface area contributed by atoms with Gasteiger partial charge in [0, 0.05) is 28.7 Å². The van der Waals surface area contributed by atoms with Gasteiger partial charge in [0.15, 0.2) is 5.65 Å². The zero-order valence-corrected chi connectivity index (χ0v) is 16.2. The van der Waals surface area contributed by atoms with E-state index in [1.54, 1.807) is 24.4 Å². The predicted molar refractivity (Wildman–Crippen MR) is 108 cm³/mol. The van der Waals surface area contributed by atoms with Crippen molar-refractivity contribution in [3.63, 3.8) is 0 Å². The third-order valence-electron chi connectivity index (χ3n) is 4.83. The van der Waals surface area contributed by atoms with Crippen LogP contribution in [0.5, 0.6) is 0 Å². The van der Waals surface area contributed by atoms with E-state index < -0.39 is 0 Å². The Morgan fingerprint density at radius 1 is 1.14 bits per heavy atom. The summed E-state index contributed by atoms with van der Waals surface area (Å²) in [4.78, 5) is 29.3. The van der Waals surface area contributed by atoms with E-state index in [0.717, 1.165) is 23.9 Å². The molecular formula is C21H23N5O2. The molecule has 0 radical (unpaired) electrons. The molecular weight excluding hydrogens is 354 g/mol. The van der Waals surface area contributed by atoms with Crippen molar-refractivity contribution in [1.82, 2.24) is 14.8 Å². The van der Waals surface area contributed by atoms with Gasteiger partial charge in [-0.2, -0.15) is 5.10 Å². The largest absolute Gasteiger partial charge is 0.326 e. The van der Waals surface area contributed by atoms with Crippen molar-refractivity contribution >= 4 is 34.2 Å². The number of nitrogens with one attached hydrogen (secondary N) is 2. The smallest absolute Gasteiger partial charge is 0.257 e. The van der Waals surface area contributed by atoms with Crippen molar-refractivity contribution in [2.45, 2.75) is 39.7 Å². The van der Waals surface area contributed by atoms with Crippen molar-refractivity contribution in [2.75, 3.05) is 10.6 Å². The molecule has 1 aromatic carbocycles. The van der Waals surface area contributed by atoms with Gasteiger partial charge in [0.1, 0.15) is 0 Å². The lowest BCUT2D eigenvalue weighted by atomic mass is 10.1. The van der Waals surface area contributed by atoms with Crippen LogP contribution in [-0.2, 0) is 4.79 Å². The number of hydrogen-bond acceptors (Lipinski definition) is 4. The molecule has 7 heteroatoms. The Hall–Kier alpha value is -3.22. The number of carbonyl (C=O) groups excluding carboxylic acids is 2. The fraction of sp³-hybridized carbons (Fsp3) is 0.333. The molecule has 2 N–H and O–H groups in total. The second-order valence-corrected chi connectivity index (χ2v) is 7.52. The second kappa shape index (κ2) is 7.07. The fourth-order valence-corrected chi connectivity index (χ4v) is 3.14. The number of pyridine rings is 1. The van der Waals surface area contributed by atoms with Gasteiger partial charge in [0.2, 0.25) is 5.91 Å². The first kappa shape index (κ1) is 18.2. The summed E-state index contributed by atoms with van der Waals surface area (Å²) in [6, 6.07) is 9.18. The number of hydrogen-bond donors (Lipinski definition) is 2. The maximum Gasteiger partial charge on any atom is 0.257 e. The molecule has 4 rings (SSSR count). The standard InChI is InChI=1S/C21H23N5O2/c1-12(2)26-19-15(11-22-26)9-18(13(3)23-19)21(28)25-17-6-4-5-16(10-17)24-20(27)14-7-8-14/h4-6,9-12,14H,7-8H2,1-3H3,(H,24,27)(H,25,28). The van der Waals surface area contributed by atoms with Gasteiger partial charge in [-0.15, -0.1) is 0 Å². The molecule has 0 atom stereocenters. The Balaban J connectivity index is 1.55. The number of benzene rings is 1. The van der Waals surface area contributed by atoms with E-state index in [9.17, 15) is 9.59 Å². The van der Waals surface area contributed by atoms with Crippen molar-refractivity contribution in [2.24, 2.45) is 5.92 Å². The molecule has 3 aromatic rings. The van der Waals surface area contributed by atoms with Crippen LogP contribution in [-0.4, -0.2) is 26.6 Å². The summed E-state index contributed by atoms with van der Waals surface area (Å²) in [5, 5.41) is 11.0. The maximum atomic E-state index is 12.8. The molecule has 2 heterocycles. The summed E-state index contributed by atoms with van der Waals surface area (Å²) in [6.07, 6.45) is 3.63. The molecule has 0 bridgehead atoms. The number of aromatic nitrogens is 3. The molecule has 0 unspecified atom stereocenters. The zero-order chi connectivity index (χ0) is 19.8. The summed E-state index contributed by atoms with van der Waals surface area (Å²) in [6.45, 7) is 5.90. The van der Waals surface area contributed by atoms with Crippen molar-refractivity contribution < 1.29 is 9.59 Å². The molecule has 2 aromatic heterocycles. The van der Waals surface area contributed by atoms with E-state index in [4.69, 9.17) is 0 Å². The Morgan fingerprint density at radius 2 is 1.86 bits per heavy atom. The van der Waals surface area contributed by atoms with Crippen LogP contribution >= 0.6 is 0 Å². The molecule has 1 fully saturated rings. The number of amides is 2. The number of nitrogens with zero attached hydrogens (tertiary/aromatic N) is 3. The molecule has 0 aliphatic heterocycles. The van der Waals surface area contributed by atoms with E-state index in [1.807, 2.05) is 37.6 Å². The molecule has 144 valence electrons. The molecule has 1 aliphatic rings. The molecule has 7 nitrogen and oxygen atoms in total. The van der Waals surface area contributed by atoms with Gasteiger partial charge >= 0.3 is 0 Å². The normalized spacial score (nSPS) is 13.7. The van der Waals surface area contributed by atoms with Crippen molar-refractivity contribution in [3.8, 4) is 0 Å². The van der Waals surface area contributed by atoms with Crippen molar-refractivity contribution in [3.05, 3.63) is 47.8 Å². The van der Waals surface area contributed by atoms with Gasteiger partial charge in [-0.25, -0.2) is 9.67 Å². The predicted octanol–water partition coefficient (Wildman–Crippen LogP) is 3.92. The van der Waals surface area contributed by atoms with Crippen LogP contribution < -0.4 is 10.6 Å². The lowest BCUT2D eigenvalue weighted by Crippen LogP contribution is -2.16. The summed E-state index contributed by atoms with van der Waals surface area (Å²) < 4.78 is 1.84. The van der Waals surface area contributed by atoms with E-state index >= 15 is 0 Å². The first-order valence-electron chi connectivity index (χ1n) is 9.49. The highest BCUT2D eigenvalue weighted by molar-refractivity contribution is 6.07. The Labute approximate surface area is 163 Å². The number of aryl methyl sites for hydroxylation is 1. The molecule has 28 heavy (non-hydrogen) atoms. The number of carbonyl (C=O) groups is 2. The number of fused-ring (bicyclic) bond motifs is 1. The van der Waals surface area contributed by atoms with Crippen LogP contribution in [0.4, 0.5) is 11.4 Å². The van der Waals surface area contributed by atoms with Gasteiger partial charge in [0.05, 0.1) is 17.5 Å². The number of rotatable bonds is 5. The third-order valence-corrected chi connectivity index (χ3v) is 4.83. The maximum absolute atomic E-state index is 12.8. The highest BCUT2D eigenvalue weighted by atomic mass is 16.2. The topological polar surface area (TPSA) is 88.9 Å². The SMILES string of the molecule is Cc1nc2c(cnn2C(C)C)cc1C(=O)Nc1cccc(NC(=O)C2CC2)c1. The van der Waals surface area contributed by atoms with E-state index in [0.29, 0.717) is 22.6 Å². The highest BCUT2D eigenvalue weighted by Gasteiger charge is 2.29. The van der Waals surface area contributed by atoms with Gasteiger partial charge < -0.3 is 10.6 Å². The van der Waals surface area contributed by atoms with Gasteiger partial charge in [0.25, 0.3) is 5.91 Å². The van der Waals surface area contributed by atoms with Gasteiger partial charge in [-0.1, -0.05) is 6.07 Å². The van der Waals surface area contributed by atoms with Crippen LogP contribution in [0.15, 0.2) is 36.5 Å². The Morgan fingerprint density at radius 3 is 2.54 bits per heavy atom. The molecule has 1 saturated carbocycles. The van der Waals surface area contributed by atoms with Crippen LogP contribution in [0.3, 0.4) is 0 Å². The lowest BCUT2D eigenvalue weighted by molar-refractivity contribution is -0.117. The minimum atomic E-state index is -0.241. The van der Waals surface area contributed by atoms with Crippen LogP contribution in [0.1, 0.15) is 48.8 Å². The van der Waals surface area contributed by atoms with E-state index in [-0.39, 0.29) is 23.8 Å². The molecule has 0 saturated heterocycles. The molecule has 0 spiro atoms. The Kier molecular flexibility index (Phi) is 4.58. The molecule has 2 amide bonds. The summed E-state index contributed by atoms with van der Waals surface area (Å²) in [5.41, 5.74) is 3.22. The highest BCUT2D eigenvalue weighted by Crippen LogP contribution is 2.30. The summed E-state index contributed by atoms with van der Waals surface area (Å²) in [5.74, 6) is -0.0727. The lowest BCUT2D eigenvalue weighted by Gasteiger charge is -2.11. The average molecular weight is 377 g/mol. The first-order valence-corrected chi connectivity index (χ1v) is 9.49. The monoisotopic (exact) mass is 377 g/mol. The number of anilines is 2. The Bertz CT molecular complexity index is 1070. The second-order valence-electron chi connectivity index (χ2n) is 7.52. The van der Waals surface area contributed by atoms with Crippen LogP contribution in [0.25, 0.3) is 11.0 Å². The summed E-state index contributed by atoms with van der Waals surface area (Å²) in [7, 11) is 0. The van der Waals surface area contributed by atoms with Crippen LogP contribution in [0.2, 0.25) is 0 Å². The minimum Gasteiger partial charge on any atom is -0.326 e. The van der Waals surface area contributed by atoms with Gasteiger partial charge in [-0.05, 0) is 57.9 Å². The quantitative estimate of drug-likeness (QED) is 0.705. The summed E-state index contributed by atoms with van der Waals surface area (Å²) >= 11 is 0. The van der Waals surface area contributed by atoms with E-state index in [1.165, 1.54) is 0 Å². The minimum absolute atomic E-state index is 0.0381. The third kappa shape index (κ3) is 3.60.